The SMILES string of the molecule is Cc1c(/C=C\c2cn(-c3ccccc3)c3ccccc23)c2ccccc2n1-c1ccccc1. The van der Waals surface area contributed by atoms with Crippen LogP contribution < -0.4 is 0 Å². The van der Waals surface area contributed by atoms with Gasteiger partial charge < -0.3 is 9.13 Å². The fourth-order valence-corrected chi connectivity index (χ4v) is 4.83. The minimum absolute atomic E-state index is 1.17. The quantitative estimate of drug-likeness (QED) is 0.271. The van der Waals surface area contributed by atoms with E-state index in [0.29, 0.717) is 0 Å². The normalized spacial score (nSPS) is 11.7. The van der Waals surface area contributed by atoms with E-state index < -0.39 is 0 Å². The van der Waals surface area contributed by atoms with Gasteiger partial charge in [0.15, 0.2) is 0 Å². The molecular formula is C31H24N2. The molecular weight excluding hydrogens is 400 g/mol. The Hall–Kier alpha value is -4.30. The van der Waals surface area contributed by atoms with Crippen LogP contribution in [-0.2, 0) is 0 Å². The standard InChI is InChI=1S/C31H24N2/c1-23-27(29-17-9-11-19-31(29)33(23)26-14-6-3-7-15-26)21-20-24-22-32(25-12-4-2-5-13-25)30-18-10-8-16-28(24)30/h2-22H,1H3/b21-20-. The largest absolute Gasteiger partial charge is 0.316 e. The highest BCUT2D eigenvalue weighted by Crippen LogP contribution is 2.32. The topological polar surface area (TPSA) is 9.86 Å². The van der Waals surface area contributed by atoms with Crippen molar-refractivity contribution in [2.45, 2.75) is 6.92 Å². The number of benzene rings is 4. The van der Waals surface area contributed by atoms with Crippen LogP contribution in [0.2, 0.25) is 0 Å². The molecule has 0 atom stereocenters. The fourth-order valence-electron chi connectivity index (χ4n) is 4.83. The second-order valence-corrected chi connectivity index (χ2v) is 8.33. The van der Waals surface area contributed by atoms with Gasteiger partial charge in [0.2, 0.25) is 0 Å². The van der Waals surface area contributed by atoms with Crippen molar-refractivity contribution in [3.05, 3.63) is 132 Å². The summed E-state index contributed by atoms with van der Waals surface area (Å²) in [7, 11) is 0. The zero-order chi connectivity index (χ0) is 22.2. The van der Waals surface area contributed by atoms with Crippen molar-refractivity contribution >= 4 is 34.0 Å². The van der Waals surface area contributed by atoms with Crippen molar-refractivity contribution < 1.29 is 0 Å². The van der Waals surface area contributed by atoms with Crippen molar-refractivity contribution in [3.63, 3.8) is 0 Å². The van der Waals surface area contributed by atoms with Crippen LogP contribution in [0.25, 0.3) is 45.3 Å². The Kier molecular flexibility index (Phi) is 4.70. The van der Waals surface area contributed by atoms with E-state index in [4.69, 9.17) is 0 Å². The van der Waals surface area contributed by atoms with Gasteiger partial charge in [-0.1, -0.05) is 84.9 Å². The Morgan fingerprint density at radius 3 is 1.85 bits per heavy atom. The highest BCUT2D eigenvalue weighted by atomic mass is 15.0. The Morgan fingerprint density at radius 2 is 1.12 bits per heavy atom. The summed E-state index contributed by atoms with van der Waals surface area (Å²) in [4.78, 5) is 0. The van der Waals surface area contributed by atoms with Crippen molar-refractivity contribution in [3.8, 4) is 11.4 Å². The zero-order valence-corrected chi connectivity index (χ0v) is 18.5. The smallest absolute Gasteiger partial charge is 0.0537 e. The van der Waals surface area contributed by atoms with Gasteiger partial charge in [-0.3, -0.25) is 0 Å². The molecule has 0 aliphatic rings. The van der Waals surface area contributed by atoms with Gasteiger partial charge in [0.25, 0.3) is 0 Å². The third-order valence-electron chi connectivity index (χ3n) is 6.38. The van der Waals surface area contributed by atoms with Crippen LogP contribution in [0.15, 0.2) is 115 Å². The monoisotopic (exact) mass is 424 g/mol. The summed E-state index contributed by atoms with van der Waals surface area (Å²) in [6, 6.07) is 38.4. The van der Waals surface area contributed by atoms with E-state index in [1.54, 1.807) is 0 Å². The first kappa shape index (κ1) is 19.4. The third kappa shape index (κ3) is 3.28. The number of aromatic nitrogens is 2. The summed E-state index contributed by atoms with van der Waals surface area (Å²) >= 11 is 0. The molecule has 4 aromatic carbocycles. The van der Waals surface area contributed by atoms with Crippen molar-refractivity contribution in [1.29, 1.82) is 0 Å². The summed E-state index contributed by atoms with van der Waals surface area (Å²) in [6.45, 7) is 2.21. The van der Waals surface area contributed by atoms with Crippen LogP contribution in [0.1, 0.15) is 16.8 Å². The van der Waals surface area contributed by atoms with Gasteiger partial charge in [-0.15, -0.1) is 0 Å². The van der Waals surface area contributed by atoms with E-state index >= 15 is 0 Å². The van der Waals surface area contributed by atoms with Crippen molar-refractivity contribution in [2.75, 3.05) is 0 Å². The average molecular weight is 425 g/mol. The Balaban J connectivity index is 1.52. The first-order valence-corrected chi connectivity index (χ1v) is 11.3. The minimum atomic E-state index is 1.17. The van der Waals surface area contributed by atoms with E-state index in [1.165, 1.54) is 50.0 Å². The molecule has 2 nitrogen and oxygen atoms in total. The lowest BCUT2D eigenvalue weighted by Gasteiger charge is -2.08. The minimum Gasteiger partial charge on any atom is -0.316 e. The predicted molar refractivity (Wildman–Crippen MR) is 140 cm³/mol. The number of rotatable bonds is 4. The molecule has 0 amide bonds. The molecule has 0 saturated carbocycles. The lowest BCUT2D eigenvalue weighted by Crippen LogP contribution is -1.95. The number of nitrogens with zero attached hydrogens (tertiary/aromatic N) is 2. The first-order valence-electron chi connectivity index (χ1n) is 11.3. The Labute approximate surface area is 193 Å². The molecule has 0 unspecified atom stereocenters. The molecule has 33 heavy (non-hydrogen) atoms. The summed E-state index contributed by atoms with van der Waals surface area (Å²) < 4.78 is 4.62. The van der Waals surface area contributed by atoms with Crippen LogP contribution in [0.5, 0.6) is 0 Å². The van der Waals surface area contributed by atoms with Gasteiger partial charge >= 0.3 is 0 Å². The molecule has 0 spiro atoms. The molecule has 2 heterocycles. The van der Waals surface area contributed by atoms with Crippen LogP contribution in [-0.4, -0.2) is 9.13 Å². The van der Waals surface area contributed by atoms with Gasteiger partial charge in [-0.05, 0) is 43.3 Å². The van der Waals surface area contributed by atoms with Crippen LogP contribution in [0, 0.1) is 6.92 Å². The zero-order valence-electron chi connectivity index (χ0n) is 18.5. The Morgan fingerprint density at radius 1 is 0.545 bits per heavy atom. The molecule has 0 fully saturated rings. The summed E-state index contributed by atoms with van der Waals surface area (Å²) in [5, 5.41) is 2.52. The maximum atomic E-state index is 2.35. The van der Waals surface area contributed by atoms with E-state index in [9.17, 15) is 0 Å². The van der Waals surface area contributed by atoms with Crippen LogP contribution >= 0.6 is 0 Å². The van der Waals surface area contributed by atoms with Gasteiger partial charge in [0.05, 0.1) is 11.0 Å². The van der Waals surface area contributed by atoms with Gasteiger partial charge in [0, 0.05) is 45.2 Å². The lowest BCUT2D eigenvalue weighted by molar-refractivity contribution is 1.05. The fraction of sp³-hybridized carbons (Fsp3) is 0.0323. The highest BCUT2D eigenvalue weighted by molar-refractivity contribution is 5.98. The molecule has 0 saturated heterocycles. The second kappa shape index (κ2) is 7.99. The van der Waals surface area contributed by atoms with Crippen LogP contribution in [0.3, 0.4) is 0 Å². The van der Waals surface area contributed by atoms with Crippen molar-refractivity contribution in [2.24, 2.45) is 0 Å². The molecule has 0 radical (unpaired) electrons. The molecule has 0 N–H and O–H groups in total. The molecule has 6 rings (SSSR count). The van der Waals surface area contributed by atoms with Gasteiger partial charge in [-0.25, -0.2) is 0 Å². The summed E-state index contributed by atoms with van der Waals surface area (Å²) in [5.41, 5.74) is 8.51. The Bertz CT molecular complexity index is 1600. The van der Waals surface area contributed by atoms with E-state index in [2.05, 4.69) is 144 Å². The first-order chi connectivity index (χ1) is 16.3. The summed E-state index contributed by atoms with van der Waals surface area (Å²) in [6.07, 6.45) is 6.77. The molecule has 2 aromatic heterocycles. The maximum Gasteiger partial charge on any atom is 0.0537 e. The maximum absolute atomic E-state index is 2.35. The average Bonchev–Trinajstić information content (AvgIpc) is 3.38. The molecule has 0 bridgehead atoms. The second-order valence-electron chi connectivity index (χ2n) is 8.33. The molecule has 2 heteroatoms. The molecule has 158 valence electrons. The highest BCUT2D eigenvalue weighted by Gasteiger charge is 2.13. The van der Waals surface area contributed by atoms with Crippen molar-refractivity contribution in [1.82, 2.24) is 9.13 Å². The number of para-hydroxylation sites is 4. The van der Waals surface area contributed by atoms with E-state index in [0.717, 1.165) is 0 Å². The molecule has 0 aliphatic carbocycles. The van der Waals surface area contributed by atoms with Crippen LogP contribution in [0.4, 0.5) is 0 Å². The predicted octanol–water partition coefficient (Wildman–Crippen LogP) is 8.05. The molecule has 6 aromatic rings. The number of hydrogen-bond acceptors (Lipinski definition) is 0. The lowest BCUT2D eigenvalue weighted by atomic mass is 10.1. The van der Waals surface area contributed by atoms with E-state index in [-0.39, 0.29) is 0 Å². The van der Waals surface area contributed by atoms with Gasteiger partial charge in [-0.2, -0.15) is 0 Å². The van der Waals surface area contributed by atoms with E-state index in [1.807, 2.05) is 0 Å². The summed E-state index contributed by atoms with van der Waals surface area (Å²) in [5.74, 6) is 0. The molecule has 0 aliphatic heterocycles. The number of fused-ring (bicyclic) bond motifs is 2. The third-order valence-corrected chi connectivity index (χ3v) is 6.38. The number of hydrogen-bond donors (Lipinski definition) is 0. The van der Waals surface area contributed by atoms with Gasteiger partial charge in [0.1, 0.15) is 0 Å².